The van der Waals surface area contributed by atoms with Crippen molar-refractivity contribution in [3.63, 3.8) is 0 Å². The summed E-state index contributed by atoms with van der Waals surface area (Å²) in [6, 6.07) is 0. The summed E-state index contributed by atoms with van der Waals surface area (Å²) in [5.41, 5.74) is 9.73. The maximum atomic E-state index is 13.2. The topological polar surface area (TPSA) is 69.4 Å². The van der Waals surface area contributed by atoms with Crippen molar-refractivity contribution >= 4 is 11.8 Å². The Morgan fingerprint density at radius 2 is 1.60 bits per heavy atom. The van der Waals surface area contributed by atoms with Crippen molar-refractivity contribution in [1.82, 2.24) is 0 Å². The van der Waals surface area contributed by atoms with E-state index in [9.17, 15) is 9.59 Å². The minimum atomic E-state index is -0.407. The van der Waals surface area contributed by atoms with Gasteiger partial charge in [0.15, 0.2) is 5.78 Å². The molecule has 0 unspecified atom stereocenters. The normalized spacial score (nSPS) is 48.7. The van der Waals surface area contributed by atoms with Crippen LogP contribution in [-0.2, 0) is 14.3 Å². The summed E-state index contributed by atoms with van der Waals surface area (Å²) in [5.74, 6) is 2.06. The predicted molar refractivity (Wildman–Crippen MR) is 139 cm³/mol. The van der Waals surface area contributed by atoms with E-state index >= 15 is 0 Å². The van der Waals surface area contributed by atoms with Gasteiger partial charge in [0, 0.05) is 24.3 Å². The smallest absolute Gasteiger partial charge is 0.302 e. The molecule has 4 saturated carbocycles. The molecule has 196 valence electrons. The quantitative estimate of drug-likeness (QED) is 0.449. The number of esters is 1. The van der Waals surface area contributed by atoms with Crippen LogP contribution >= 0.6 is 0 Å². The van der Waals surface area contributed by atoms with Crippen LogP contribution in [0.5, 0.6) is 0 Å². The third-order valence-corrected chi connectivity index (χ3v) is 12.7. The highest BCUT2D eigenvalue weighted by atomic mass is 16.5. The fourth-order valence-corrected chi connectivity index (χ4v) is 11.0. The fraction of sp³-hybridized carbons (Fsp3) is 0.871. The molecule has 0 aliphatic heterocycles. The van der Waals surface area contributed by atoms with Gasteiger partial charge in [-0.25, -0.2) is 0 Å². The second-order valence-corrected chi connectivity index (χ2v) is 14.8. The van der Waals surface area contributed by atoms with E-state index in [0.717, 1.165) is 37.7 Å². The molecule has 0 bridgehead atoms. The highest BCUT2D eigenvalue weighted by Gasteiger charge is 2.69. The van der Waals surface area contributed by atoms with Crippen molar-refractivity contribution in [1.29, 1.82) is 0 Å². The van der Waals surface area contributed by atoms with Crippen molar-refractivity contribution in [2.24, 2.45) is 51.1 Å². The van der Waals surface area contributed by atoms with Gasteiger partial charge in [0.2, 0.25) is 0 Å². The van der Waals surface area contributed by atoms with Crippen LogP contribution in [0.2, 0.25) is 0 Å². The average molecular weight is 484 g/mol. The van der Waals surface area contributed by atoms with Crippen LogP contribution in [0, 0.1) is 45.3 Å². The fourth-order valence-electron chi connectivity index (χ4n) is 11.0. The molecule has 5 aliphatic rings. The Bertz CT molecular complexity index is 980. The summed E-state index contributed by atoms with van der Waals surface area (Å²) in [4.78, 5) is 25.0. The van der Waals surface area contributed by atoms with Gasteiger partial charge in [0.25, 0.3) is 0 Å². The highest BCUT2D eigenvalue weighted by Crippen LogP contribution is 2.75. The van der Waals surface area contributed by atoms with E-state index in [-0.39, 0.29) is 39.7 Å². The maximum Gasteiger partial charge on any atom is 0.302 e. The van der Waals surface area contributed by atoms with Crippen LogP contribution in [0.3, 0.4) is 0 Å². The molecular weight excluding hydrogens is 434 g/mol. The number of carbonyl (C=O) groups is 2. The van der Waals surface area contributed by atoms with E-state index in [1.165, 1.54) is 24.8 Å². The number of ether oxygens (including phenoxy) is 1. The second-order valence-electron chi connectivity index (χ2n) is 14.8. The number of hydrogen-bond donors (Lipinski definition) is 1. The molecule has 0 amide bonds. The van der Waals surface area contributed by atoms with Crippen LogP contribution in [0.4, 0.5) is 0 Å². The van der Waals surface area contributed by atoms with Crippen LogP contribution in [0.15, 0.2) is 11.1 Å². The van der Waals surface area contributed by atoms with E-state index in [2.05, 4.69) is 48.5 Å². The molecule has 4 fully saturated rings. The molecule has 35 heavy (non-hydrogen) atoms. The number of Topliss-reactive ketones (excluding diaryl/α,β-unsaturated/α-hetero) is 1. The molecule has 0 aromatic heterocycles. The number of rotatable bonds is 2. The van der Waals surface area contributed by atoms with Gasteiger partial charge in [-0.2, -0.15) is 0 Å². The van der Waals surface area contributed by atoms with Crippen LogP contribution in [-0.4, -0.2) is 23.4 Å². The van der Waals surface area contributed by atoms with Crippen LogP contribution < -0.4 is 5.73 Å². The lowest BCUT2D eigenvalue weighted by Gasteiger charge is -2.72. The molecule has 4 heteroatoms. The van der Waals surface area contributed by atoms with Gasteiger partial charge < -0.3 is 10.5 Å². The van der Waals surface area contributed by atoms with Gasteiger partial charge in [0.05, 0.1) is 0 Å². The third-order valence-electron chi connectivity index (χ3n) is 12.7. The van der Waals surface area contributed by atoms with Gasteiger partial charge in [-0.15, -0.1) is 0 Å². The summed E-state index contributed by atoms with van der Waals surface area (Å²) in [6.45, 7) is 18.4. The standard InChI is InChI=1S/C31H49NO3/c1-18(2)25-21(34)17-31(32)16-15-29(7)20(26(25)31)9-10-23-28(6)13-12-24(35-19(3)33)27(4,5)22(28)11-14-30(23,29)8/h18,20,22-24H,9-17,32H2,1-8H3/t20-,22+,23-,24+,28+,29-,30-,31-/m1/s1. The zero-order valence-electron chi connectivity index (χ0n) is 23.6. The Morgan fingerprint density at radius 3 is 2.23 bits per heavy atom. The minimum absolute atomic E-state index is 0.0120. The lowest BCUT2D eigenvalue weighted by Crippen LogP contribution is -2.66. The molecule has 8 atom stereocenters. The first kappa shape index (κ1) is 25.5. The molecule has 0 aromatic rings. The zero-order valence-corrected chi connectivity index (χ0v) is 23.6. The summed E-state index contributed by atoms with van der Waals surface area (Å²) in [6.07, 6.45) is 9.51. The summed E-state index contributed by atoms with van der Waals surface area (Å²) < 4.78 is 5.88. The predicted octanol–water partition coefficient (Wildman–Crippen LogP) is 6.61. The van der Waals surface area contributed by atoms with E-state index in [0.29, 0.717) is 30.0 Å². The first-order valence-electron chi connectivity index (χ1n) is 14.4. The molecule has 0 heterocycles. The number of carbonyl (C=O) groups excluding carboxylic acids is 2. The molecule has 0 spiro atoms. The summed E-state index contributed by atoms with van der Waals surface area (Å²) in [7, 11) is 0. The van der Waals surface area contributed by atoms with Gasteiger partial charge in [0.1, 0.15) is 6.10 Å². The first-order valence-corrected chi connectivity index (χ1v) is 14.4. The Labute approximate surface area is 213 Å². The van der Waals surface area contributed by atoms with Crippen molar-refractivity contribution in [3.8, 4) is 0 Å². The molecule has 0 saturated heterocycles. The lowest BCUT2D eigenvalue weighted by molar-refractivity contribution is -0.231. The minimum Gasteiger partial charge on any atom is -0.462 e. The van der Waals surface area contributed by atoms with Gasteiger partial charge >= 0.3 is 5.97 Å². The number of ketones is 1. The highest BCUT2D eigenvalue weighted by molar-refractivity contribution is 6.01. The van der Waals surface area contributed by atoms with E-state index < -0.39 is 5.54 Å². The molecule has 5 aliphatic carbocycles. The van der Waals surface area contributed by atoms with E-state index in [1.54, 1.807) is 6.92 Å². The lowest BCUT2D eigenvalue weighted by atomic mass is 9.33. The number of hydrogen-bond acceptors (Lipinski definition) is 4. The summed E-state index contributed by atoms with van der Waals surface area (Å²) >= 11 is 0. The largest absolute Gasteiger partial charge is 0.462 e. The molecule has 0 radical (unpaired) electrons. The monoisotopic (exact) mass is 483 g/mol. The van der Waals surface area contributed by atoms with Crippen molar-refractivity contribution in [2.45, 2.75) is 125 Å². The van der Waals surface area contributed by atoms with E-state index in [1.807, 2.05) is 0 Å². The molecule has 5 rings (SSSR count). The van der Waals surface area contributed by atoms with Crippen molar-refractivity contribution in [2.75, 3.05) is 0 Å². The zero-order chi connectivity index (χ0) is 25.8. The van der Waals surface area contributed by atoms with Crippen LogP contribution in [0.25, 0.3) is 0 Å². The molecular formula is C31H49NO3. The van der Waals surface area contributed by atoms with E-state index in [4.69, 9.17) is 10.5 Å². The molecule has 4 nitrogen and oxygen atoms in total. The summed E-state index contributed by atoms with van der Waals surface area (Å²) in [5, 5.41) is 0. The number of allylic oxidation sites excluding steroid dienone is 1. The van der Waals surface area contributed by atoms with Crippen molar-refractivity contribution in [3.05, 3.63) is 11.1 Å². The number of fused-ring (bicyclic) bond motifs is 7. The Hall–Kier alpha value is -1.16. The number of nitrogens with two attached hydrogens (primary N) is 1. The van der Waals surface area contributed by atoms with Crippen molar-refractivity contribution < 1.29 is 14.3 Å². The van der Waals surface area contributed by atoms with Gasteiger partial charge in [-0.1, -0.05) is 48.5 Å². The average Bonchev–Trinajstić information content (AvgIpc) is 3.01. The third kappa shape index (κ3) is 3.20. The Balaban J connectivity index is 1.55. The molecule has 0 aromatic carbocycles. The first-order chi connectivity index (χ1) is 16.1. The Morgan fingerprint density at radius 1 is 0.914 bits per heavy atom. The Kier molecular flexibility index (Phi) is 5.59. The van der Waals surface area contributed by atoms with Gasteiger partial charge in [-0.05, 0) is 102 Å². The SMILES string of the molecule is CC(=O)O[C@H]1CC[C@]2(C)[C@H]3CC[C@@H]4C5=C(C(C)C)C(=O)C[C@]5(N)CC[C@@]4(C)[C@]3(C)CC[C@H]2C1(C)C. The van der Waals surface area contributed by atoms with Gasteiger partial charge in [-0.3, -0.25) is 9.59 Å². The second kappa shape index (κ2) is 7.68. The van der Waals surface area contributed by atoms with Crippen LogP contribution in [0.1, 0.15) is 113 Å². The maximum absolute atomic E-state index is 13.2. The molecule has 2 N–H and O–H groups in total.